The Labute approximate surface area is 102 Å². The third-order valence-corrected chi connectivity index (χ3v) is 3.91. The van der Waals surface area contributed by atoms with E-state index in [4.69, 9.17) is 5.11 Å². The first kappa shape index (κ1) is 13.2. The predicted octanol–water partition coefficient (Wildman–Crippen LogP) is 1.65. The smallest absolute Gasteiger partial charge is 0.471 e. The van der Waals surface area contributed by atoms with Crippen molar-refractivity contribution in [3.05, 3.63) is 0 Å². The number of fused-ring (bicyclic) bond motifs is 1. The van der Waals surface area contributed by atoms with Gasteiger partial charge in [0, 0.05) is 12.6 Å². The molecule has 2 aliphatic rings. The number of carbonyl (C=O) groups is 2. The van der Waals surface area contributed by atoms with E-state index in [0.717, 1.165) is 17.7 Å². The maximum atomic E-state index is 12.4. The monoisotopic (exact) mass is 265 g/mol. The highest BCUT2D eigenvalue weighted by molar-refractivity contribution is 5.84. The number of halogens is 3. The summed E-state index contributed by atoms with van der Waals surface area (Å²) in [5.74, 6) is -4.20. The van der Waals surface area contributed by atoms with Crippen LogP contribution >= 0.6 is 0 Å². The molecule has 1 N–H and O–H groups in total. The van der Waals surface area contributed by atoms with E-state index in [-0.39, 0.29) is 12.5 Å². The highest BCUT2D eigenvalue weighted by Gasteiger charge is 2.53. The van der Waals surface area contributed by atoms with Crippen LogP contribution in [-0.2, 0) is 9.59 Å². The summed E-state index contributed by atoms with van der Waals surface area (Å²) in [6.07, 6.45) is -2.30. The lowest BCUT2D eigenvalue weighted by Gasteiger charge is -2.32. The Kier molecular flexibility index (Phi) is 3.25. The molecular formula is C11H14F3NO3. The van der Waals surface area contributed by atoms with E-state index >= 15 is 0 Å². The third kappa shape index (κ3) is 2.18. The standard InChI is InChI=1S/C11H14F3NO3/c12-11(13,14)10(18)15-5-7(9(16)17)6-3-1-2-4-8(6)15/h6-8H,1-5H2,(H,16,17). The lowest BCUT2D eigenvalue weighted by molar-refractivity contribution is -0.187. The van der Waals surface area contributed by atoms with Crippen LogP contribution in [0.3, 0.4) is 0 Å². The summed E-state index contributed by atoms with van der Waals surface area (Å²) in [6, 6.07) is -0.561. The van der Waals surface area contributed by atoms with Crippen LogP contribution in [0.4, 0.5) is 13.2 Å². The normalized spacial score (nSPS) is 32.2. The van der Waals surface area contributed by atoms with Gasteiger partial charge in [-0.2, -0.15) is 13.2 Å². The first-order valence-corrected chi connectivity index (χ1v) is 5.93. The van der Waals surface area contributed by atoms with Gasteiger partial charge in [0.25, 0.3) is 0 Å². The first-order valence-electron chi connectivity index (χ1n) is 5.93. The lowest BCUT2D eigenvalue weighted by Crippen LogP contribution is -2.45. The molecule has 0 aromatic rings. The molecule has 1 aliphatic heterocycles. The molecule has 4 nitrogen and oxygen atoms in total. The maximum absolute atomic E-state index is 12.4. The van der Waals surface area contributed by atoms with Crippen LogP contribution in [0, 0.1) is 11.8 Å². The van der Waals surface area contributed by atoms with E-state index in [0.29, 0.717) is 12.8 Å². The number of alkyl halides is 3. The zero-order valence-corrected chi connectivity index (χ0v) is 9.61. The van der Waals surface area contributed by atoms with E-state index in [2.05, 4.69) is 0 Å². The van der Waals surface area contributed by atoms with Crippen LogP contribution in [-0.4, -0.2) is 40.6 Å². The van der Waals surface area contributed by atoms with Gasteiger partial charge in [-0.25, -0.2) is 0 Å². The number of carbonyl (C=O) groups excluding carboxylic acids is 1. The van der Waals surface area contributed by atoms with Crippen LogP contribution in [0.25, 0.3) is 0 Å². The van der Waals surface area contributed by atoms with Crippen molar-refractivity contribution < 1.29 is 27.9 Å². The number of carboxylic acid groups (broad SMARTS) is 1. The van der Waals surface area contributed by atoms with E-state index < -0.39 is 30.0 Å². The van der Waals surface area contributed by atoms with Crippen molar-refractivity contribution in [2.75, 3.05) is 6.54 Å². The van der Waals surface area contributed by atoms with Gasteiger partial charge in [0.15, 0.2) is 0 Å². The van der Waals surface area contributed by atoms with E-state index in [1.54, 1.807) is 0 Å². The number of rotatable bonds is 1. The highest BCUT2D eigenvalue weighted by atomic mass is 19.4. The zero-order valence-electron chi connectivity index (χ0n) is 9.61. The fourth-order valence-corrected chi connectivity index (χ4v) is 3.14. The first-order chi connectivity index (χ1) is 8.32. The molecule has 7 heteroatoms. The van der Waals surface area contributed by atoms with Gasteiger partial charge in [-0.05, 0) is 18.8 Å². The average Bonchev–Trinajstić information content (AvgIpc) is 2.66. The van der Waals surface area contributed by atoms with Crippen LogP contribution in [0.1, 0.15) is 25.7 Å². The van der Waals surface area contributed by atoms with Gasteiger partial charge in [-0.1, -0.05) is 12.8 Å². The van der Waals surface area contributed by atoms with Crippen molar-refractivity contribution in [2.45, 2.75) is 37.9 Å². The fraction of sp³-hybridized carbons (Fsp3) is 0.818. The zero-order chi connectivity index (χ0) is 13.5. The minimum Gasteiger partial charge on any atom is -0.481 e. The van der Waals surface area contributed by atoms with E-state index in [9.17, 15) is 22.8 Å². The molecule has 1 heterocycles. The van der Waals surface area contributed by atoms with Gasteiger partial charge in [0.1, 0.15) is 0 Å². The average molecular weight is 265 g/mol. The van der Waals surface area contributed by atoms with Crippen molar-refractivity contribution in [2.24, 2.45) is 11.8 Å². The van der Waals surface area contributed by atoms with Crippen molar-refractivity contribution in [1.82, 2.24) is 4.90 Å². The Bertz CT molecular complexity index is 369. The van der Waals surface area contributed by atoms with Crippen molar-refractivity contribution in [3.63, 3.8) is 0 Å². The van der Waals surface area contributed by atoms with Gasteiger partial charge in [-0.3, -0.25) is 9.59 Å². The van der Waals surface area contributed by atoms with Gasteiger partial charge in [0.2, 0.25) is 0 Å². The minimum absolute atomic E-state index is 0.316. The summed E-state index contributed by atoms with van der Waals surface area (Å²) < 4.78 is 37.3. The number of nitrogens with zero attached hydrogens (tertiary/aromatic N) is 1. The molecule has 2 rings (SSSR count). The second-order valence-corrected chi connectivity index (χ2v) is 4.92. The molecule has 1 saturated carbocycles. The molecule has 0 aromatic carbocycles. The third-order valence-electron chi connectivity index (χ3n) is 3.91. The summed E-state index contributed by atoms with van der Waals surface area (Å²) in [4.78, 5) is 23.1. The molecular weight excluding hydrogens is 251 g/mol. The Morgan fingerprint density at radius 3 is 2.33 bits per heavy atom. The van der Waals surface area contributed by atoms with Crippen LogP contribution in [0.15, 0.2) is 0 Å². The molecule has 18 heavy (non-hydrogen) atoms. The maximum Gasteiger partial charge on any atom is 0.471 e. The topological polar surface area (TPSA) is 57.6 Å². The number of likely N-dealkylation sites (tertiary alicyclic amines) is 1. The molecule has 3 atom stereocenters. The molecule has 3 unspecified atom stereocenters. The van der Waals surface area contributed by atoms with Gasteiger partial charge < -0.3 is 10.0 Å². The molecule has 0 radical (unpaired) electrons. The van der Waals surface area contributed by atoms with Crippen molar-refractivity contribution in [1.29, 1.82) is 0 Å². The summed E-state index contributed by atoms with van der Waals surface area (Å²) in [5.41, 5.74) is 0. The number of amides is 1. The van der Waals surface area contributed by atoms with Crippen LogP contribution in [0.5, 0.6) is 0 Å². The molecule has 1 saturated heterocycles. The predicted molar refractivity (Wildman–Crippen MR) is 54.6 cm³/mol. The summed E-state index contributed by atoms with van der Waals surface area (Å²) in [7, 11) is 0. The Hall–Kier alpha value is -1.27. The highest BCUT2D eigenvalue weighted by Crippen LogP contribution is 2.41. The van der Waals surface area contributed by atoms with Crippen molar-refractivity contribution in [3.8, 4) is 0 Å². The number of hydrogen-bond acceptors (Lipinski definition) is 2. The molecule has 0 bridgehead atoms. The second kappa shape index (κ2) is 4.44. The van der Waals surface area contributed by atoms with Gasteiger partial charge in [0.05, 0.1) is 5.92 Å². The summed E-state index contributed by atoms with van der Waals surface area (Å²) >= 11 is 0. The molecule has 0 aromatic heterocycles. The molecule has 1 amide bonds. The number of hydrogen-bond donors (Lipinski definition) is 1. The van der Waals surface area contributed by atoms with Gasteiger partial charge >= 0.3 is 18.1 Å². The number of carboxylic acids is 1. The molecule has 102 valence electrons. The van der Waals surface area contributed by atoms with Gasteiger partial charge in [-0.15, -0.1) is 0 Å². The minimum atomic E-state index is -4.92. The van der Waals surface area contributed by atoms with E-state index in [1.165, 1.54) is 0 Å². The quantitative estimate of drug-likeness (QED) is 0.784. The summed E-state index contributed by atoms with van der Waals surface area (Å²) in [6.45, 7) is -0.316. The lowest BCUT2D eigenvalue weighted by atomic mass is 9.80. The molecule has 1 aliphatic carbocycles. The second-order valence-electron chi connectivity index (χ2n) is 4.92. The number of aliphatic carboxylic acids is 1. The van der Waals surface area contributed by atoms with E-state index in [1.807, 2.05) is 0 Å². The molecule has 2 fully saturated rings. The Balaban J connectivity index is 2.22. The Morgan fingerprint density at radius 2 is 1.78 bits per heavy atom. The van der Waals surface area contributed by atoms with Crippen LogP contribution < -0.4 is 0 Å². The van der Waals surface area contributed by atoms with Crippen molar-refractivity contribution >= 4 is 11.9 Å². The SMILES string of the molecule is O=C(O)C1CN(C(=O)C(F)(F)F)C2CCCCC12. The Morgan fingerprint density at radius 1 is 1.17 bits per heavy atom. The summed E-state index contributed by atoms with van der Waals surface area (Å²) in [5, 5.41) is 9.04. The molecule has 0 spiro atoms. The largest absolute Gasteiger partial charge is 0.481 e. The van der Waals surface area contributed by atoms with Crippen LogP contribution in [0.2, 0.25) is 0 Å². The fourth-order valence-electron chi connectivity index (χ4n) is 3.14.